The lowest BCUT2D eigenvalue weighted by Crippen LogP contribution is -2.51. The highest BCUT2D eigenvalue weighted by Crippen LogP contribution is 2.48. The average Bonchev–Trinajstić information content (AvgIpc) is 4.19. The Morgan fingerprint density at radius 2 is 1.30 bits per heavy atom. The van der Waals surface area contributed by atoms with Crippen LogP contribution in [0.1, 0.15) is 137 Å². The number of aromatic amines is 2. The molecule has 3 aromatic carbocycles. The van der Waals surface area contributed by atoms with Crippen molar-refractivity contribution in [3.05, 3.63) is 89.0 Å². The number of carbonyl (C=O) groups excluding carboxylic acids is 3. The molecular formula is C51H65N9O7. The number of anilines is 1. The summed E-state index contributed by atoms with van der Waals surface area (Å²) in [6.07, 6.45) is 5.28. The summed E-state index contributed by atoms with van der Waals surface area (Å²) in [5, 5.41) is 12.5. The zero-order valence-corrected chi connectivity index (χ0v) is 39.5. The molecule has 16 heteroatoms. The first-order chi connectivity index (χ1) is 32.3. The van der Waals surface area contributed by atoms with Gasteiger partial charge in [0.25, 0.3) is 0 Å². The molecule has 6 heterocycles. The van der Waals surface area contributed by atoms with Crippen molar-refractivity contribution in [2.24, 2.45) is 11.8 Å². The van der Waals surface area contributed by atoms with Crippen molar-refractivity contribution in [3.8, 4) is 0 Å². The Morgan fingerprint density at radius 1 is 0.716 bits per heavy atom. The van der Waals surface area contributed by atoms with Crippen LogP contribution in [0, 0.1) is 11.8 Å². The summed E-state index contributed by atoms with van der Waals surface area (Å²) < 4.78 is 10.5. The number of amides is 4. The van der Waals surface area contributed by atoms with Crippen molar-refractivity contribution >= 4 is 51.8 Å². The van der Waals surface area contributed by atoms with E-state index in [4.69, 9.17) is 19.4 Å². The second-order valence-electron chi connectivity index (χ2n) is 19.6. The van der Waals surface area contributed by atoms with E-state index in [1.165, 1.54) is 19.7 Å². The quantitative estimate of drug-likeness (QED) is 0.0942. The number of likely N-dealkylation sites (tertiary alicyclic amines) is 2. The van der Waals surface area contributed by atoms with Crippen LogP contribution in [-0.4, -0.2) is 116 Å². The molecule has 0 radical (unpaired) electrons. The van der Waals surface area contributed by atoms with E-state index in [1.54, 1.807) is 0 Å². The number of likely N-dealkylation sites (N-methyl/N-ethyl adjacent to an activating group) is 1. The molecule has 0 unspecified atom stereocenters. The number of rotatable bonds is 12. The molecule has 4 aliphatic rings. The number of benzene rings is 3. The van der Waals surface area contributed by atoms with Crippen LogP contribution < -0.4 is 10.2 Å². The Bertz CT molecular complexity index is 2600. The number of hydrogen-bond acceptors (Lipinski definition) is 9. The van der Waals surface area contributed by atoms with E-state index in [0.717, 1.165) is 120 Å². The molecular weight excluding hydrogens is 851 g/mol. The van der Waals surface area contributed by atoms with Crippen LogP contribution in [0.4, 0.5) is 15.3 Å². The van der Waals surface area contributed by atoms with Crippen molar-refractivity contribution in [2.45, 2.75) is 121 Å². The molecule has 2 aromatic heterocycles. The van der Waals surface area contributed by atoms with E-state index < -0.39 is 24.3 Å². The topological polar surface area (TPSA) is 189 Å². The Morgan fingerprint density at radius 3 is 1.91 bits per heavy atom. The van der Waals surface area contributed by atoms with Crippen LogP contribution in [0.3, 0.4) is 0 Å². The standard InChI is InChI=1S/C51H65N9O7/c1-29(2)44(56-50(63)66-6)48(61)58-23-7-9-42(58)46-52-36-17-13-33(27-38(36)54-46)40-19-20-41(60(40)35-15-11-31(12-16-35)32-21-25-67-26-22-32)34-14-18-37-39(28-34)55-47(53-37)43-10-8-24-59(43)49(62)45(30(3)4)57(5)51(64)65/h11-18,27-30,32,40-45H,7-10,19-26H2,1-6H3,(H,52,54)(H,53,55)(H,56,63)(H,64,65)/t40-,41-,42+,43+,44+,45+/m1/s1. The number of nitrogens with one attached hydrogen (secondary N) is 3. The molecule has 0 saturated carbocycles. The maximum absolute atomic E-state index is 14.0. The molecule has 6 atom stereocenters. The number of nitrogens with zero attached hydrogens (tertiary/aromatic N) is 6. The van der Waals surface area contributed by atoms with Crippen molar-refractivity contribution < 1.29 is 33.8 Å². The third-order valence-electron chi connectivity index (χ3n) is 14.8. The number of imidazole rings is 2. The highest BCUT2D eigenvalue weighted by atomic mass is 16.5. The van der Waals surface area contributed by atoms with Gasteiger partial charge in [-0.05, 0) is 122 Å². The summed E-state index contributed by atoms with van der Waals surface area (Å²) in [6, 6.07) is 20.2. The number of carboxylic acid groups (broad SMARTS) is 1. The normalized spacial score (nSPS) is 22.3. The minimum Gasteiger partial charge on any atom is -0.465 e. The first kappa shape index (κ1) is 46.0. The van der Waals surface area contributed by atoms with Gasteiger partial charge in [0.2, 0.25) is 11.8 Å². The highest BCUT2D eigenvalue weighted by Gasteiger charge is 2.41. The molecule has 16 nitrogen and oxygen atoms in total. The fraction of sp³-hybridized carbons (Fsp3) is 0.529. The SMILES string of the molecule is COC(=O)N[C@H](C(=O)N1CCC[C@H]1c1nc2cc([C@H]3CC[C@H](c4ccc5nc([C@@H]6CCCN6C(=O)[C@H](C(C)C)N(C)C(=O)O)[nH]c5c4)N3c3ccc(C4CCOCC4)cc3)ccc2[nH]1)C(C)C. The van der Waals surface area contributed by atoms with Crippen molar-refractivity contribution in [1.82, 2.24) is 40.0 Å². The van der Waals surface area contributed by atoms with Gasteiger partial charge in [0, 0.05) is 39.0 Å². The first-order valence-electron chi connectivity index (χ1n) is 24.2. The predicted molar refractivity (Wildman–Crippen MR) is 255 cm³/mol. The fourth-order valence-corrected chi connectivity index (χ4v) is 11.3. The van der Waals surface area contributed by atoms with Gasteiger partial charge in [-0.1, -0.05) is 52.0 Å². The molecule has 9 rings (SSSR count). The van der Waals surface area contributed by atoms with E-state index in [9.17, 15) is 24.3 Å². The molecule has 4 aliphatic heterocycles. The van der Waals surface area contributed by atoms with Crippen molar-refractivity contribution in [2.75, 3.05) is 45.4 Å². The van der Waals surface area contributed by atoms with Crippen LogP contribution >= 0.6 is 0 Å². The summed E-state index contributed by atoms with van der Waals surface area (Å²) in [7, 11) is 2.77. The fourth-order valence-electron chi connectivity index (χ4n) is 11.3. The number of fused-ring (bicyclic) bond motifs is 2. The first-order valence-corrected chi connectivity index (χ1v) is 24.2. The lowest BCUT2D eigenvalue weighted by Gasteiger charge is -2.34. The highest BCUT2D eigenvalue weighted by molar-refractivity contribution is 5.87. The number of hydrogen-bond donors (Lipinski definition) is 4. The number of carbonyl (C=O) groups is 4. The smallest absolute Gasteiger partial charge is 0.407 e. The summed E-state index contributed by atoms with van der Waals surface area (Å²) >= 11 is 0. The molecule has 4 N–H and O–H groups in total. The van der Waals surface area contributed by atoms with Crippen LogP contribution in [-0.2, 0) is 19.1 Å². The van der Waals surface area contributed by atoms with Gasteiger partial charge in [-0.15, -0.1) is 0 Å². The van der Waals surface area contributed by atoms with E-state index >= 15 is 0 Å². The molecule has 0 spiro atoms. The van der Waals surface area contributed by atoms with E-state index in [1.807, 2.05) is 37.5 Å². The molecule has 4 fully saturated rings. The molecule has 0 aliphatic carbocycles. The second kappa shape index (κ2) is 19.2. The van der Waals surface area contributed by atoms with Gasteiger partial charge in [-0.25, -0.2) is 19.6 Å². The molecule has 5 aromatic rings. The van der Waals surface area contributed by atoms with Gasteiger partial charge < -0.3 is 44.6 Å². The maximum atomic E-state index is 14.0. The van der Waals surface area contributed by atoms with E-state index in [-0.39, 0.29) is 47.8 Å². The zero-order valence-electron chi connectivity index (χ0n) is 39.5. The van der Waals surface area contributed by atoms with Gasteiger partial charge in [0.05, 0.1) is 53.3 Å². The second-order valence-corrected chi connectivity index (χ2v) is 19.6. The van der Waals surface area contributed by atoms with Crippen molar-refractivity contribution in [3.63, 3.8) is 0 Å². The monoisotopic (exact) mass is 916 g/mol. The Labute approximate surface area is 391 Å². The Kier molecular flexibility index (Phi) is 13.2. The van der Waals surface area contributed by atoms with Crippen LogP contribution in [0.15, 0.2) is 60.7 Å². The van der Waals surface area contributed by atoms with E-state index in [2.05, 4.69) is 80.8 Å². The third-order valence-corrected chi connectivity index (χ3v) is 14.8. The van der Waals surface area contributed by atoms with E-state index in [0.29, 0.717) is 19.0 Å². The number of ether oxygens (including phenoxy) is 2. The maximum Gasteiger partial charge on any atom is 0.407 e. The van der Waals surface area contributed by atoms with Gasteiger partial charge in [-0.2, -0.15) is 0 Å². The van der Waals surface area contributed by atoms with Gasteiger partial charge >= 0.3 is 12.2 Å². The van der Waals surface area contributed by atoms with Gasteiger partial charge in [-0.3, -0.25) is 14.5 Å². The molecule has 0 bridgehead atoms. The number of aromatic nitrogens is 4. The Balaban J connectivity index is 1.01. The van der Waals surface area contributed by atoms with Crippen LogP contribution in [0.2, 0.25) is 0 Å². The summed E-state index contributed by atoms with van der Waals surface area (Å²) in [6.45, 7) is 10.3. The lowest BCUT2D eigenvalue weighted by molar-refractivity contribution is -0.138. The molecule has 4 saturated heterocycles. The number of alkyl carbamates (subject to hydrolysis) is 1. The van der Waals surface area contributed by atoms with Crippen LogP contribution in [0.5, 0.6) is 0 Å². The zero-order chi connectivity index (χ0) is 47.1. The summed E-state index contributed by atoms with van der Waals surface area (Å²) in [5.41, 5.74) is 8.28. The van der Waals surface area contributed by atoms with Gasteiger partial charge in [0.1, 0.15) is 23.7 Å². The Hall–Kier alpha value is -6.16. The van der Waals surface area contributed by atoms with Crippen molar-refractivity contribution in [1.29, 1.82) is 0 Å². The molecule has 356 valence electrons. The minimum absolute atomic E-state index is 0.0492. The largest absolute Gasteiger partial charge is 0.465 e. The summed E-state index contributed by atoms with van der Waals surface area (Å²) in [5.74, 6) is 1.30. The molecule has 67 heavy (non-hydrogen) atoms. The average molecular weight is 916 g/mol. The number of H-pyrrole nitrogens is 2. The lowest BCUT2D eigenvalue weighted by atomic mass is 9.91. The van der Waals surface area contributed by atoms with Gasteiger partial charge in [0.15, 0.2) is 0 Å². The number of methoxy groups -OCH3 is 1. The predicted octanol–water partition coefficient (Wildman–Crippen LogP) is 8.76. The molecule has 4 amide bonds. The minimum atomic E-state index is -1.12. The van der Waals surface area contributed by atoms with Crippen LogP contribution in [0.25, 0.3) is 22.1 Å². The third kappa shape index (κ3) is 9.04. The summed E-state index contributed by atoms with van der Waals surface area (Å²) in [4.78, 5) is 76.7.